The smallest absolute Gasteiger partial charge is 0.125 e. The topological polar surface area (TPSA) is 24.9 Å². The number of nitrogens with one attached hydrogen (secondary N) is 1. The Morgan fingerprint density at radius 2 is 2.00 bits per heavy atom. The van der Waals surface area contributed by atoms with Gasteiger partial charge in [0.15, 0.2) is 0 Å². The third-order valence-electron chi connectivity index (χ3n) is 2.71. The number of nitrogens with zero attached hydrogens (tertiary/aromatic N) is 1. The van der Waals surface area contributed by atoms with Crippen LogP contribution in [0.15, 0.2) is 18.3 Å². The molecule has 0 radical (unpaired) electrons. The van der Waals surface area contributed by atoms with Crippen LogP contribution in [0.1, 0.15) is 39.2 Å². The van der Waals surface area contributed by atoms with Gasteiger partial charge in [0.1, 0.15) is 5.82 Å². The Morgan fingerprint density at radius 1 is 1.24 bits per heavy atom. The van der Waals surface area contributed by atoms with Crippen molar-refractivity contribution in [2.45, 2.75) is 39.0 Å². The van der Waals surface area contributed by atoms with E-state index in [1.54, 1.807) is 0 Å². The van der Waals surface area contributed by atoms with E-state index < -0.39 is 0 Å². The maximum absolute atomic E-state index is 4.45. The molecule has 2 nitrogen and oxygen atoms in total. The van der Waals surface area contributed by atoms with Crippen LogP contribution in [0, 0.1) is 0 Å². The van der Waals surface area contributed by atoms with Gasteiger partial charge in [0.2, 0.25) is 0 Å². The molecule has 0 spiro atoms. The summed E-state index contributed by atoms with van der Waals surface area (Å²) in [6.45, 7) is 7.64. The lowest BCUT2D eigenvalue weighted by Crippen LogP contribution is -2.12. The lowest BCUT2D eigenvalue weighted by atomic mass is 9.88. The van der Waals surface area contributed by atoms with Crippen molar-refractivity contribution in [3.8, 4) is 0 Å². The molecule has 1 heterocycles. The monoisotopic (exact) mass is 252 g/mol. The normalized spacial score (nSPS) is 11.5. The molecule has 1 aromatic heterocycles. The number of pyridine rings is 1. The second-order valence-electron chi connectivity index (χ2n) is 5.31. The fraction of sp³-hybridized carbons (Fsp3) is 0.643. The second-order valence-corrected chi connectivity index (χ2v) is 6.29. The molecule has 96 valence electrons. The summed E-state index contributed by atoms with van der Waals surface area (Å²) in [4.78, 5) is 4.45. The van der Waals surface area contributed by atoms with Crippen LogP contribution in [0.25, 0.3) is 0 Å². The number of thioether (sulfide) groups is 1. The van der Waals surface area contributed by atoms with Gasteiger partial charge in [-0.1, -0.05) is 26.8 Å². The number of rotatable bonds is 6. The summed E-state index contributed by atoms with van der Waals surface area (Å²) in [7, 11) is 0. The van der Waals surface area contributed by atoms with Gasteiger partial charge < -0.3 is 5.32 Å². The Balaban J connectivity index is 2.36. The van der Waals surface area contributed by atoms with Crippen LogP contribution in [-0.4, -0.2) is 23.5 Å². The van der Waals surface area contributed by atoms with Gasteiger partial charge in [-0.25, -0.2) is 4.98 Å². The van der Waals surface area contributed by atoms with Crippen LogP contribution in [0.4, 0.5) is 5.82 Å². The van der Waals surface area contributed by atoms with Crippen molar-refractivity contribution in [1.82, 2.24) is 4.98 Å². The third-order valence-corrected chi connectivity index (χ3v) is 3.41. The van der Waals surface area contributed by atoms with Gasteiger partial charge in [-0.15, -0.1) is 0 Å². The van der Waals surface area contributed by atoms with Crippen LogP contribution < -0.4 is 5.32 Å². The first kappa shape index (κ1) is 14.4. The highest BCUT2D eigenvalue weighted by Crippen LogP contribution is 2.21. The van der Waals surface area contributed by atoms with Gasteiger partial charge in [0.05, 0.1) is 0 Å². The molecule has 0 atom stereocenters. The number of unbranched alkanes of at least 4 members (excludes halogenated alkanes) is 1. The third kappa shape index (κ3) is 5.44. The Bertz CT molecular complexity index is 314. The first-order valence-corrected chi connectivity index (χ1v) is 7.63. The first-order chi connectivity index (χ1) is 8.04. The minimum atomic E-state index is 0.184. The van der Waals surface area contributed by atoms with Crippen molar-refractivity contribution in [2.24, 2.45) is 0 Å². The molecule has 1 rings (SSSR count). The van der Waals surface area contributed by atoms with Crippen LogP contribution in [0.2, 0.25) is 0 Å². The SMILES string of the molecule is CSCCCCNc1ccc(C(C)(C)C)cn1. The maximum atomic E-state index is 4.45. The van der Waals surface area contributed by atoms with Crippen molar-refractivity contribution in [1.29, 1.82) is 0 Å². The molecule has 0 aliphatic carbocycles. The van der Waals surface area contributed by atoms with Crippen molar-refractivity contribution >= 4 is 17.6 Å². The molecule has 0 aromatic carbocycles. The molecule has 3 heteroatoms. The van der Waals surface area contributed by atoms with Crippen molar-refractivity contribution < 1.29 is 0 Å². The summed E-state index contributed by atoms with van der Waals surface area (Å²) in [5, 5.41) is 3.36. The lowest BCUT2D eigenvalue weighted by Gasteiger charge is -2.18. The molecule has 0 aliphatic rings. The Hall–Kier alpha value is -0.700. The predicted octanol–water partition coefficient (Wildman–Crippen LogP) is 3.93. The highest BCUT2D eigenvalue weighted by atomic mass is 32.2. The van der Waals surface area contributed by atoms with E-state index in [2.05, 4.69) is 49.5 Å². The van der Waals surface area contributed by atoms with E-state index in [9.17, 15) is 0 Å². The standard InChI is InChI=1S/C14H24N2S/c1-14(2,3)12-7-8-13(16-11-12)15-9-5-6-10-17-4/h7-8,11H,5-6,9-10H2,1-4H3,(H,15,16). The van der Waals surface area contributed by atoms with E-state index in [0.29, 0.717) is 0 Å². The van der Waals surface area contributed by atoms with Crippen molar-refractivity contribution in [3.05, 3.63) is 23.9 Å². The van der Waals surface area contributed by atoms with E-state index in [4.69, 9.17) is 0 Å². The van der Waals surface area contributed by atoms with Gasteiger partial charge in [-0.3, -0.25) is 0 Å². The zero-order valence-electron chi connectivity index (χ0n) is 11.4. The fourth-order valence-electron chi connectivity index (χ4n) is 1.53. The average molecular weight is 252 g/mol. The molecule has 1 N–H and O–H groups in total. The minimum absolute atomic E-state index is 0.184. The Labute approximate surface area is 110 Å². The Morgan fingerprint density at radius 3 is 2.53 bits per heavy atom. The molecule has 0 saturated carbocycles. The highest BCUT2D eigenvalue weighted by molar-refractivity contribution is 7.98. The summed E-state index contributed by atoms with van der Waals surface area (Å²) >= 11 is 1.91. The van der Waals surface area contributed by atoms with Crippen molar-refractivity contribution in [3.63, 3.8) is 0 Å². The molecular weight excluding hydrogens is 228 g/mol. The number of hydrogen-bond acceptors (Lipinski definition) is 3. The first-order valence-electron chi connectivity index (χ1n) is 6.23. The summed E-state index contributed by atoms with van der Waals surface area (Å²) in [5.74, 6) is 2.24. The molecule has 0 saturated heterocycles. The van der Waals surface area contributed by atoms with Gasteiger partial charge in [-0.05, 0) is 41.9 Å². The molecule has 0 unspecified atom stereocenters. The average Bonchev–Trinajstić information content (AvgIpc) is 2.28. The summed E-state index contributed by atoms with van der Waals surface area (Å²) in [6.07, 6.45) is 6.61. The van der Waals surface area contributed by atoms with Gasteiger partial charge in [0.25, 0.3) is 0 Å². The van der Waals surface area contributed by atoms with Gasteiger partial charge >= 0.3 is 0 Å². The largest absolute Gasteiger partial charge is 0.370 e. The zero-order valence-corrected chi connectivity index (χ0v) is 12.2. The van der Waals surface area contributed by atoms with E-state index in [1.165, 1.54) is 24.2 Å². The fourth-order valence-corrected chi connectivity index (χ4v) is 2.02. The summed E-state index contributed by atoms with van der Waals surface area (Å²) < 4.78 is 0. The van der Waals surface area contributed by atoms with E-state index in [1.807, 2.05) is 18.0 Å². The lowest BCUT2D eigenvalue weighted by molar-refractivity contribution is 0.587. The van der Waals surface area contributed by atoms with Crippen LogP contribution in [0.5, 0.6) is 0 Å². The second kappa shape index (κ2) is 6.90. The van der Waals surface area contributed by atoms with Crippen LogP contribution in [-0.2, 0) is 5.41 Å². The number of hydrogen-bond donors (Lipinski definition) is 1. The van der Waals surface area contributed by atoms with E-state index in [-0.39, 0.29) is 5.41 Å². The van der Waals surface area contributed by atoms with Crippen LogP contribution in [0.3, 0.4) is 0 Å². The number of anilines is 1. The predicted molar refractivity (Wildman–Crippen MR) is 79.0 cm³/mol. The van der Waals surface area contributed by atoms with Crippen LogP contribution >= 0.6 is 11.8 Å². The number of aromatic nitrogens is 1. The summed E-state index contributed by atoms with van der Waals surface area (Å²) in [5.41, 5.74) is 1.47. The minimum Gasteiger partial charge on any atom is -0.370 e. The molecule has 17 heavy (non-hydrogen) atoms. The molecule has 0 bridgehead atoms. The van der Waals surface area contributed by atoms with Crippen molar-refractivity contribution in [2.75, 3.05) is 23.9 Å². The molecule has 0 fully saturated rings. The van der Waals surface area contributed by atoms with Gasteiger partial charge in [-0.2, -0.15) is 11.8 Å². The Kier molecular flexibility index (Phi) is 5.83. The summed E-state index contributed by atoms with van der Waals surface area (Å²) in [6, 6.07) is 4.24. The van der Waals surface area contributed by atoms with E-state index >= 15 is 0 Å². The quantitative estimate of drug-likeness (QED) is 0.776. The van der Waals surface area contributed by atoms with E-state index in [0.717, 1.165) is 12.4 Å². The van der Waals surface area contributed by atoms with Gasteiger partial charge in [0, 0.05) is 12.7 Å². The molecule has 0 aliphatic heterocycles. The molecular formula is C14H24N2S. The highest BCUT2D eigenvalue weighted by Gasteiger charge is 2.13. The molecule has 1 aromatic rings. The zero-order chi connectivity index (χ0) is 12.7. The maximum Gasteiger partial charge on any atom is 0.125 e. The molecule has 0 amide bonds.